The van der Waals surface area contributed by atoms with E-state index in [0.717, 1.165) is 5.56 Å². The molecule has 0 saturated carbocycles. The smallest absolute Gasteiger partial charge is 0.408 e. The van der Waals surface area contributed by atoms with Crippen LogP contribution in [0.3, 0.4) is 0 Å². The lowest BCUT2D eigenvalue weighted by Crippen LogP contribution is -2.34. The van der Waals surface area contributed by atoms with Gasteiger partial charge in [0.1, 0.15) is 5.60 Å². The van der Waals surface area contributed by atoms with Crippen LogP contribution in [0.1, 0.15) is 56.1 Å². The Labute approximate surface area is 118 Å². The Kier molecular flexibility index (Phi) is 5.13. The summed E-state index contributed by atoms with van der Waals surface area (Å²) >= 11 is 0. The molecule has 0 aliphatic carbocycles. The minimum Gasteiger partial charge on any atom is -0.478 e. The Hall–Kier alpha value is -2.04. The van der Waals surface area contributed by atoms with E-state index in [1.54, 1.807) is 39.0 Å². The van der Waals surface area contributed by atoms with Gasteiger partial charge in [-0.15, -0.1) is 0 Å². The molecule has 1 amide bonds. The molecule has 5 heteroatoms. The number of carboxylic acids is 1. The van der Waals surface area contributed by atoms with Crippen LogP contribution in [-0.4, -0.2) is 22.8 Å². The molecule has 1 aromatic carbocycles. The lowest BCUT2D eigenvalue weighted by Gasteiger charge is -2.23. The third kappa shape index (κ3) is 4.91. The van der Waals surface area contributed by atoms with Crippen molar-refractivity contribution in [3.05, 3.63) is 35.4 Å². The molecule has 0 saturated heterocycles. The number of carbonyl (C=O) groups is 2. The van der Waals surface area contributed by atoms with E-state index in [-0.39, 0.29) is 11.6 Å². The minimum atomic E-state index is -0.987. The maximum atomic E-state index is 11.8. The number of nitrogens with one attached hydrogen (secondary N) is 1. The molecular weight excluding hydrogens is 258 g/mol. The number of hydrogen-bond donors (Lipinski definition) is 2. The van der Waals surface area contributed by atoms with Crippen LogP contribution >= 0.6 is 0 Å². The summed E-state index contributed by atoms with van der Waals surface area (Å²) in [5, 5.41) is 11.7. The molecule has 1 atom stereocenters. The normalized spacial score (nSPS) is 12.6. The lowest BCUT2D eigenvalue weighted by atomic mass is 10.0. The monoisotopic (exact) mass is 279 g/mol. The largest absolute Gasteiger partial charge is 0.478 e. The quantitative estimate of drug-likeness (QED) is 0.886. The Morgan fingerprint density at radius 2 is 2.00 bits per heavy atom. The summed E-state index contributed by atoms with van der Waals surface area (Å²) in [5.41, 5.74) is 0.385. The number of ether oxygens (including phenoxy) is 1. The van der Waals surface area contributed by atoms with E-state index in [4.69, 9.17) is 9.84 Å². The molecule has 0 aliphatic heterocycles. The zero-order valence-corrected chi connectivity index (χ0v) is 12.3. The standard InChI is InChI=1S/C15H21NO4/c1-5-12(16-14(19)20-15(2,3)4)10-7-6-8-11(9-10)13(17)18/h6-9,12H,5H2,1-4H3,(H,16,19)(H,17,18)/t12-/m1/s1. The van der Waals surface area contributed by atoms with Crippen molar-refractivity contribution in [2.24, 2.45) is 0 Å². The molecule has 2 N–H and O–H groups in total. The van der Waals surface area contributed by atoms with E-state index in [0.29, 0.717) is 6.42 Å². The van der Waals surface area contributed by atoms with Crippen molar-refractivity contribution in [2.45, 2.75) is 45.8 Å². The lowest BCUT2D eigenvalue weighted by molar-refractivity contribution is 0.0502. The second-order valence-electron chi connectivity index (χ2n) is 5.54. The molecule has 0 heterocycles. The Morgan fingerprint density at radius 3 is 2.50 bits per heavy atom. The highest BCUT2D eigenvalue weighted by atomic mass is 16.6. The van der Waals surface area contributed by atoms with Crippen LogP contribution < -0.4 is 5.32 Å². The van der Waals surface area contributed by atoms with Crippen molar-refractivity contribution < 1.29 is 19.4 Å². The highest BCUT2D eigenvalue weighted by molar-refractivity contribution is 5.87. The van der Waals surface area contributed by atoms with E-state index in [9.17, 15) is 9.59 Å². The fraction of sp³-hybridized carbons (Fsp3) is 0.467. The summed E-state index contributed by atoms with van der Waals surface area (Å²) in [7, 11) is 0. The van der Waals surface area contributed by atoms with Gasteiger partial charge in [0.15, 0.2) is 0 Å². The zero-order valence-electron chi connectivity index (χ0n) is 12.3. The van der Waals surface area contributed by atoms with Gasteiger partial charge >= 0.3 is 12.1 Å². The molecular formula is C15H21NO4. The topological polar surface area (TPSA) is 75.6 Å². The first-order chi connectivity index (χ1) is 9.23. The molecule has 5 nitrogen and oxygen atoms in total. The summed E-state index contributed by atoms with van der Waals surface area (Å²) in [5.74, 6) is -0.987. The molecule has 0 spiro atoms. The highest BCUT2D eigenvalue weighted by Crippen LogP contribution is 2.19. The maximum absolute atomic E-state index is 11.8. The van der Waals surface area contributed by atoms with Gasteiger partial charge in [0.25, 0.3) is 0 Å². The van der Waals surface area contributed by atoms with Gasteiger partial charge in [0.2, 0.25) is 0 Å². The average Bonchev–Trinajstić information content (AvgIpc) is 2.34. The van der Waals surface area contributed by atoms with Gasteiger partial charge in [0.05, 0.1) is 11.6 Å². The van der Waals surface area contributed by atoms with Crippen molar-refractivity contribution in [1.82, 2.24) is 5.32 Å². The SMILES string of the molecule is CC[C@@H](NC(=O)OC(C)(C)C)c1cccc(C(=O)O)c1. The molecule has 110 valence electrons. The first-order valence-corrected chi connectivity index (χ1v) is 6.55. The van der Waals surface area contributed by atoms with Crippen LogP contribution in [0.15, 0.2) is 24.3 Å². The van der Waals surface area contributed by atoms with Gasteiger partial charge in [-0.2, -0.15) is 0 Å². The number of carbonyl (C=O) groups excluding carboxylic acids is 1. The van der Waals surface area contributed by atoms with Gasteiger partial charge in [-0.3, -0.25) is 0 Å². The number of rotatable bonds is 4. The molecule has 0 unspecified atom stereocenters. The molecule has 1 aromatic rings. The molecule has 1 rings (SSSR count). The second kappa shape index (κ2) is 6.41. The Balaban J connectivity index is 2.83. The predicted octanol–water partition coefficient (Wildman–Crippen LogP) is 3.36. The number of amides is 1. The number of alkyl carbamates (subject to hydrolysis) is 1. The molecule has 20 heavy (non-hydrogen) atoms. The fourth-order valence-corrected chi connectivity index (χ4v) is 1.76. The summed E-state index contributed by atoms with van der Waals surface area (Å²) in [6.45, 7) is 7.28. The van der Waals surface area contributed by atoms with E-state index >= 15 is 0 Å². The predicted molar refractivity (Wildman–Crippen MR) is 75.8 cm³/mol. The van der Waals surface area contributed by atoms with E-state index in [1.165, 1.54) is 6.07 Å². The van der Waals surface area contributed by atoms with Crippen molar-refractivity contribution in [3.63, 3.8) is 0 Å². The third-order valence-electron chi connectivity index (χ3n) is 2.64. The number of aromatic carboxylic acids is 1. The van der Waals surface area contributed by atoms with Crippen LogP contribution in [0.4, 0.5) is 4.79 Å². The number of benzene rings is 1. The minimum absolute atomic E-state index is 0.201. The van der Waals surface area contributed by atoms with Crippen LogP contribution in [0.5, 0.6) is 0 Å². The van der Waals surface area contributed by atoms with E-state index < -0.39 is 17.7 Å². The zero-order chi connectivity index (χ0) is 15.3. The van der Waals surface area contributed by atoms with E-state index in [2.05, 4.69) is 5.32 Å². The average molecular weight is 279 g/mol. The van der Waals surface area contributed by atoms with Gasteiger partial charge < -0.3 is 15.2 Å². The van der Waals surface area contributed by atoms with Crippen molar-refractivity contribution in [3.8, 4) is 0 Å². The third-order valence-corrected chi connectivity index (χ3v) is 2.64. The van der Waals surface area contributed by atoms with Gasteiger partial charge in [0, 0.05) is 0 Å². The summed E-state index contributed by atoms with van der Waals surface area (Å²) in [6, 6.07) is 6.26. The molecule has 0 fully saturated rings. The van der Waals surface area contributed by atoms with Gasteiger partial charge in [-0.25, -0.2) is 9.59 Å². The fourth-order valence-electron chi connectivity index (χ4n) is 1.76. The second-order valence-corrected chi connectivity index (χ2v) is 5.54. The summed E-state index contributed by atoms with van der Waals surface area (Å²) < 4.78 is 5.20. The van der Waals surface area contributed by atoms with Crippen molar-refractivity contribution in [1.29, 1.82) is 0 Å². The van der Waals surface area contributed by atoms with Gasteiger partial charge in [-0.1, -0.05) is 19.1 Å². The highest BCUT2D eigenvalue weighted by Gasteiger charge is 2.20. The van der Waals surface area contributed by atoms with Crippen molar-refractivity contribution in [2.75, 3.05) is 0 Å². The van der Waals surface area contributed by atoms with Crippen LogP contribution in [0.25, 0.3) is 0 Å². The van der Waals surface area contributed by atoms with E-state index in [1.807, 2.05) is 6.92 Å². The van der Waals surface area contributed by atoms with Crippen LogP contribution in [0, 0.1) is 0 Å². The molecule has 0 aliphatic rings. The Bertz CT molecular complexity index is 491. The maximum Gasteiger partial charge on any atom is 0.408 e. The number of carboxylic acid groups (broad SMARTS) is 1. The van der Waals surface area contributed by atoms with Crippen LogP contribution in [-0.2, 0) is 4.74 Å². The Morgan fingerprint density at radius 1 is 1.35 bits per heavy atom. The number of hydrogen-bond acceptors (Lipinski definition) is 3. The van der Waals surface area contributed by atoms with Gasteiger partial charge in [-0.05, 0) is 44.9 Å². The van der Waals surface area contributed by atoms with Crippen LogP contribution in [0.2, 0.25) is 0 Å². The van der Waals surface area contributed by atoms with Crippen molar-refractivity contribution >= 4 is 12.1 Å². The summed E-state index contributed by atoms with van der Waals surface area (Å²) in [4.78, 5) is 22.7. The molecule has 0 bridgehead atoms. The first-order valence-electron chi connectivity index (χ1n) is 6.55. The first kappa shape index (κ1) is 16.0. The summed E-state index contributed by atoms with van der Waals surface area (Å²) in [6.07, 6.45) is 0.132. The molecule has 0 aromatic heterocycles. The molecule has 0 radical (unpaired) electrons.